The fourth-order valence-electron chi connectivity index (χ4n) is 2.55. The number of allylic oxidation sites excluding steroid dienone is 1. The van der Waals surface area contributed by atoms with Crippen molar-refractivity contribution in [1.29, 1.82) is 0 Å². The van der Waals surface area contributed by atoms with E-state index >= 15 is 0 Å². The lowest BCUT2D eigenvalue weighted by Crippen LogP contribution is -2.14. The van der Waals surface area contributed by atoms with Crippen LogP contribution in [0.15, 0.2) is 60.3 Å². The molecular weight excluding hydrogens is 449 g/mol. The predicted molar refractivity (Wildman–Crippen MR) is 118 cm³/mol. The van der Waals surface area contributed by atoms with Gasteiger partial charge in [-0.15, -0.1) is 16.8 Å². The second-order valence-electron chi connectivity index (χ2n) is 5.97. The van der Waals surface area contributed by atoms with Crippen LogP contribution in [0.25, 0.3) is 11.4 Å². The summed E-state index contributed by atoms with van der Waals surface area (Å²) in [6, 6.07) is 10.7. The van der Waals surface area contributed by atoms with E-state index in [1.807, 2.05) is 0 Å². The topological polar surface area (TPSA) is 103 Å². The van der Waals surface area contributed by atoms with Crippen molar-refractivity contribution in [2.24, 2.45) is 0 Å². The zero-order valence-electron chi connectivity index (χ0n) is 15.4. The summed E-state index contributed by atoms with van der Waals surface area (Å²) >= 11 is 13.4. The van der Waals surface area contributed by atoms with Crippen molar-refractivity contribution in [1.82, 2.24) is 14.8 Å². The second kappa shape index (κ2) is 9.75. The van der Waals surface area contributed by atoms with Gasteiger partial charge < -0.3 is 5.32 Å². The molecule has 30 heavy (non-hydrogen) atoms. The fraction of sp³-hybridized carbons (Fsp3) is 0.105. The Morgan fingerprint density at radius 2 is 1.97 bits per heavy atom. The number of halogens is 2. The molecule has 3 rings (SSSR count). The summed E-state index contributed by atoms with van der Waals surface area (Å²) < 4.78 is 1.80. The van der Waals surface area contributed by atoms with Crippen molar-refractivity contribution in [2.75, 3.05) is 11.1 Å². The number of benzene rings is 2. The summed E-state index contributed by atoms with van der Waals surface area (Å²) in [7, 11) is 0. The predicted octanol–water partition coefficient (Wildman–Crippen LogP) is 5.08. The third-order valence-electron chi connectivity index (χ3n) is 3.89. The van der Waals surface area contributed by atoms with Crippen molar-refractivity contribution in [3.8, 4) is 11.4 Å². The molecule has 0 unspecified atom stereocenters. The van der Waals surface area contributed by atoms with Gasteiger partial charge in [-0.2, -0.15) is 0 Å². The Labute approximate surface area is 186 Å². The first-order chi connectivity index (χ1) is 14.4. The average Bonchev–Trinajstić information content (AvgIpc) is 3.09. The molecule has 0 radical (unpaired) electrons. The van der Waals surface area contributed by atoms with Crippen LogP contribution < -0.4 is 5.32 Å². The minimum Gasteiger partial charge on any atom is -0.325 e. The zero-order chi connectivity index (χ0) is 21.7. The van der Waals surface area contributed by atoms with E-state index in [0.717, 1.165) is 0 Å². The minimum absolute atomic E-state index is 0.0479. The molecular formula is C19H15Cl2N5O3S. The Morgan fingerprint density at radius 3 is 2.60 bits per heavy atom. The molecule has 0 saturated heterocycles. The SMILES string of the molecule is C=CCn1c(SCC(=O)Nc2ccc([N+](=O)[O-])cc2)nnc1-c1ccc(Cl)cc1Cl. The van der Waals surface area contributed by atoms with E-state index in [-0.39, 0.29) is 17.3 Å². The lowest BCUT2D eigenvalue weighted by molar-refractivity contribution is -0.384. The Balaban J connectivity index is 1.71. The Morgan fingerprint density at radius 1 is 1.23 bits per heavy atom. The third-order valence-corrected chi connectivity index (χ3v) is 5.41. The zero-order valence-corrected chi connectivity index (χ0v) is 17.7. The van der Waals surface area contributed by atoms with Crippen LogP contribution in [0.4, 0.5) is 11.4 Å². The van der Waals surface area contributed by atoms with Crippen molar-refractivity contribution in [3.05, 3.63) is 75.3 Å². The van der Waals surface area contributed by atoms with Gasteiger partial charge in [0.15, 0.2) is 11.0 Å². The van der Waals surface area contributed by atoms with Crippen LogP contribution in [-0.4, -0.2) is 31.3 Å². The van der Waals surface area contributed by atoms with Crippen LogP contribution >= 0.6 is 35.0 Å². The average molecular weight is 464 g/mol. The van der Waals surface area contributed by atoms with E-state index in [9.17, 15) is 14.9 Å². The molecule has 0 aliphatic carbocycles. The maximum atomic E-state index is 12.3. The normalized spacial score (nSPS) is 10.6. The first-order valence-corrected chi connectivity index (χ1v) is 10.3. The Kier molecular flexibility index (Phi) is 7.09. The van der Waals surface area contributed by atoms with Crippen LogP contribution in [-0.2, 0) is 11.3 Å². The van der Waals surface area contributed by atoms with Gasteiger partial charge in [0.05, 0.1) is 15.7 Å². The highest BCUT2D eigenvalue weighted by Crippen LogP contribution is 2.31. The lowest BCUT2D eigenvalue weighted by Gasteiger charge is -2.09. The molecule has 1 N–H and O–H groups in total. The van der Waals surface area contributed by atoms with Crippen molar-refractivity contribution >= 4 is 52.2 Å². The van der Waals surface area contributed by atoms with Crippen LogP contribution in [0.5, 0.6) is 0 Å². The largest absolute Gasteiger partial charge is 0.325 e. The molecule has 8 nitrogen and oxygen atoms in total. The number of nitrogens with zero attached hydrogens (tertiary/aromatic N) is 4. The fourth-order valence-corrected chi connectivity index (χ4v) is 3.79. The number of hydrogen-bond donors (Lipinski definition) is 1. The van der Waals surface area contributed by atoms with Crippen LogP contribution in [0, 0.1) is 10.1 Å². The van der Waals surface area contributed by atoms with E-state index in [1.165, 1.54) is 36.0 Å². The van der Waals surface area contributed by atoms with E-state index in [4.69, 9.17) is 23.2 Å². The quantitative estimate of drug-likeness (QED) is 0.216. The van der Waals surface area contributed by atoms with Gasteiger partial charge in [0, 0.05) is 35.0 Å². The number of aromatic nitrogens is 3. The number of nitro benzene ring substituents is 1. The summed E-state index contributed by atoms with van der Waals surface area (Å²) in [5.74, 6) is 0.323. The maximum absolute atomic E-state index is 12.3. The molecule has 0 bridgehead atoms. The number of carbonyl (C=O) groups excluding carboxylic acids is 1. The second-order valence-corrected chi connectivity index (χ2v) is 7.76. The standard InChI is InChI=1S/C19H15Cl2N5O3S/c1-2-9-25-18(15-8-3-12(20)10-16(15)21)23-24-19(25)30-11-17(27)22-13-4-6-14(7-5-13)26(28)29/h2-8,10H,1,9,11H2,(H,22,27). The number of carbonyl (C=O) groups is 1. The number of nitro groups is 1. The van der Waals surface area contributed by atoms with Gasteiger partial charge in [0.2, 0.25) is 5.91 Å². The van der Waals surface area contributed by atoms with Gasteiger partial charge in [0.1, 0.15) is 0 Å². The first kappa shape index (κ1) is 21.8. The molecule has 1 amide bonds. The molecule has 0 aliphatic rings. The third kappa shape index (κ3) is 5.18. The highest BCUT2D eigenvalue weighted by molar-refractivity contribution is 7.99. The number of hydrogen-bond acceptors (Lipinski definition) is 6. The highest BCUT2D eigenvalue weighted by atomic mass is 35.5. The van der Waals surface area contributed by atoms with E-state index in [1.54, 1.807) is 28.8 Å². The first-order valence-electron chi connectivity index (χ1n) is 8.55. The van der Waals surface area contributed by atoms with Gasteiger partial charge in [-0.25, -0.2) is 0 Å². The van der Waals surface area contributed by atoms with Gasteiger partial charge in [-0.05, 0) is 30.3 Å². The lowest BCUT2D eigenvalue weighted by atomic mass is 10.2. The highest BCUT2D eigenvalue weighted by Gasteiger charge is 2.17. The van der Waals surface area contributed by atoms with Crippen LogP contribution in [0.3, 0.4) is 0 Å². The molecule has 0 atom stereocenters. The number of amides is 1. The molecule has 0 saturated carbocycles. The number of nitrogens with one attached hydrogen (secondary N) is 1. The molecule has 3 aromatic rings. The molecule has 1 heterocycles. The minimum atomic E-state index is -0.502. The van der Waals surface area contributed by atoms with Crippen LogP contribution in [0.2, 0.25) is 10.0 Å². The molecule has 0 aliphatic heterocycles. The molecule has 1 aromatic heterocycles. The number of anilines is 1. The summed E-state index contributed by atoms with van der Waals surface area (Å²) in [6.07, 6.45) is 1.69. The summed E-state index contributed by atoms with van der Waals surface area (Å²) in [4.78, 5) is 22.5. The Bertz CT molecular complexity index is 1100. The molecule has 0 fully saturated rings. The van der Waals surface area contributed by atoms with Gasteiger partial charge in [-0.1, -0.05) is 41.0 Å². The van der Waals surface area contributed by atoms with E-state index in [2.05, 4.69) is 22.1 Å². The smallest absolute Gasteiger partial charge is 0.269 e. The van der Waals surface area contributed by atoms with Crippen molar-refractivity contribution in [3.63, 3.8) is 0 Å². The molecule has 2 aromatic carbocycles. The molecule has 11 heteroatoms. The van der Waals surface area contributed by atoms with Gasteiger partial charge in [-0.3, -0.25) is 19.5 Å². The summed E-state index contributed by atoms with van der Waals surface area (Å²) in [5.41, 5.74) is 1.08. The monoisotopic (exact) mass is 463 g/mol. The van der Waals surface area contributed by atoms with Gasteiger partial charge >= 0.3 is 0 Å². The molecule has 154 valence electrons. The van der Waals surface area contributed by atoms with Crippen molar-refractivity contribution < 1.29 is 9.72 Å². The summed E-state index contributed by atoms with van der Waals surface area (Å²) in [5, 5.41) is 23.2. The van der Waals surface area contributed by atoms with E-state index < -0.39 is 4.92 Å². The number of non-ortho nitro benzene ring substituents is 1. The van der Waals surface area contributed by atoms with Gasteiger partial charge in [0.25, 0.3) is 5.69 Å². The maximum Gasteiger partial charge on any atom is 0.269 e. The van der Waals surface area contributed by atoms with E-state index in [0.29, 0.717) is 38.8 Å². The van der Waals surface area contributed by atoms with Crippen molar-refractivity contribution in [2.45, 2.75) is 11.7 Å². The number of thioether (sulfide) groups is 1. The van der Waals surface area contributed by atoms with Crippen LogP contribution in [0.1, 0.15) is 0 Å². The Hall–Kier alpha value is -2.88. The number of rotatable bonds is 8. The molecule has 0 spiro atoms. The summed E-state index contributed by atoms with van der Waals surface area (Å²) in [6.45, 7) is 4.18.